The second kappa shape index (κ2) is 13.4. The summed E-state index contributed by atoms with van der Waals surface area (Å²) in [5, 5.41) is 0. The monoisotopic (exact) mass is 382 g/mol. The van der Waals surface area contributed by atoms with Crippen molar-refractivity contribution in [2.24, 2.45) is 15.0 Å². The number of nitrogens with zero attached hydrogens (tertiary/aromatic N) is 8. The van der Waals surface area contributed by atoms with E-state index in [9.17, 15) is 0 Å². The Kier molecular flexibility index (Phi) is 12.5. The summed E-state index contributed by atoms with van der Waals surface area (Å²) in [6.07, 6.45) is 0. The van der Waals surface area contributed by atoms with Gasteiger partial charge in [-0.15, -0.1) is 0 Å². The molecular formula is C19H42N8. The van der Waals surface area contributed by atoms with Crippen LogP contribution in [0.4, 0.5) is 0 Å². The number of likely N-dealkylation sites (N-methyl/N-ethyl adjacent to an activating group) is 3. The van der Waals surface area contributed by atoms with Gasteiger partial charge in [-0.2, -0.15) is 0 Å². The summed E-state index contributed by atoms with van der Waals surface area (Å²) in [5.74, 6) is 3.12. The zero-order valence-electron chi connectivity index (χ0n) is 19.3. The van der Waals surface area contributed by atoms with Crippen LogP contribution in [0.5, 0.6) is 0 Å². The molecule has 8 nitrogen and oxygen atoms in total. The highest BCUT2D eigenvalue weighted by Gasteiger charge is 2.13. The predicted octanol–water partition coefficient (Wildman–Crippen LogP) is 0.728. The predicted molar refractivity (Wildman–Crippen MR) is 119 cm³/mol. The van der Waals surface area contributed by atoms with Gasteiger partial charge in [0.2, 0.25) is 0 Å². The van der Waals surface area contributed by atoms with Crippen molar-refractivity contribution < 1.29 is 0 Å². The van der Waals surface area contributed by atoms with Crippen LogP contribution in [0.25, 0.3) is 0 Å². The van der Waals surface area contributed by atoms with Gasteiger partial charge in [0, 0.05) is 95.6 Å². The molecule has 0 bridgehead atoms. The molecule has 8 heteroatoms. The summed E-state index contributed by atoms with van der Waals surface area (Å²) in [4.78, 5) is 24.1. The van der Waals surface area contributed by atoms with E-state index < -0.39 is 0 Å². The molecule has 0 atom stereocenters. The Morgan fingerprint density at radius 1 is 0.556 bits per heavy atom. The second-order valence-electron chi connectivity index (χ2n) is 7.07. The Bertz CT molecular complexity index is 470. The second-order valence-corrected chi connectivity index (χ2v) is 7.07. The van der Waals surface area contributed by atoms with Gasteiger partial charge in [-0.25, -0.2) is 0 Å². The number of rotatable bonds is 9. The molecule has 0 N–H and O–H groups in total. The van der Waals surface area contributed by atoms with Crippen molar-refractivity contribution in [1.82, 2.24) is 24.5 Å². The average Bonchev–Trinajstić information content (AvgIpc) is 2.65. The lowest BCUT2D eigenvalue weighted by molar-refractivity contribution is 0.224. The minimum absolute atomic E-state index is 0.931. The Morgan fingerprint density at radius 2 is 0.926 bits per heavy atom. The molecule has 0 aliphatic carbocycles. The minimum atomic E-state index is 0.931. The van der Waals surface area contributed by atoms with E-state index in [4.69, 9.17) is 0 Å². The van der Waals surface area contributed by atoms with Crippen molar-refractivity contribution in [2.45, 2.75) is 13.8 Å². The molecule has 158 valence electrons. The lowest BCUT2D eigenvalue weighted by Gasteiger charge is -2.32. The van der Waals surface area contributed by atoms with Gasteiger partial charge in [-0.3, -0.25) is 19.9 Å². The van der Waals surface area contributed by atoms with Crippen molar-refractivity contribution in [3.8, 4) is 0 Å². The molecule has 0 saturated carbocycles. The van der Waals surface area contributed by atoms with Crippen molar-refractivity contribution in [3.63, 3.8) is 0 Å². The summed E-state index contributed by atoms with van der Waals surface area (Å²) in [6.45, 7) is 9.92. The fourth-order valence-corrected chi connectivity index (χ4v) is 2.69. The van der Waals surface area contributed by atoms with E-state index in [-0.39, 0.29) is 0 Å². The van der Waals surface area contributed by atoms with Crippen LogP contribution in [-0.2, 0) is 0 Å². The Morgan fingerprint density at radius 3 is 1.22 bits per heavy atom. The topological polar surface area (TPSA) is 53.3 Å². The van der Waals surface area contributed by atoms with E-state index in [0.717, 1.165) is 56.9 Å². The quantitative estimate of drug-likeness (QED) is 0.435. The molecule has 27 heavy (non-hydrogen) atoms. The van der Waals surface area contributed by atoms with E-state index in [2.05, 4.69) is 55.7 Å². The minimum Gasteiger partial charge on any atom is -0.362 e. The van der Waals surface area contributed by atoms with Gasteiger partial charge >= 0.3 is 0 Å². The molecule has 0 fully saturated rings. The van der Waals surface area contributed by atoms with Gasteiger partial charge in [0.1, 0.15) is 0 Å². The molecule has 0 rings (SSSR count). The van der Waals surface area contributed by atoms with Crippen molar-refractivity contribution >= 4 is 17.6 Å². The van der Waals surface area contributed by atoms with E-state index in [1.54, 1.807) is 0 Å². The number of amidine groups is 2. The summed E-state index contributed by atoms with van der Waals surface area (Å²) in [7, 11) is 15.9. The van der Waals surface area contributed by atoms with Gasteiger partial charge < -0.3 is 19.6 Å². The van der Waals surface area contributed by atoms with Crippen LogP contribution < -0.4 is 0 Å². The van der Waals surface area contributed by atoms with Crippen molar-refractivity contribution in [2.75, 3.05) is 95.6 Å². The van der Waals surface area contributed by atoms with Crippen LogP contribution in [0, 0.1) is 0 Å². The van der Waals surface area contributed by atoms with Gasteiger partial charge in [0.05, 0.1) is 11.7 Å². The number of aliphatic imine (C=N–C) groups is 3. The fourth-order valence-electron chi connectivity index (χ4n) is 2.69. The molecule has 0 aromatic carbocycles. The maximum absolute atomic E-state index is 4.38. The third-order valence-electron chi connectivity index (χ3n) is 4.95. The van der Waals surface area contributed by atoms with Gasteiger partial charge in [0.25, 0.3) is 0 Å². The summed E-state index contributed by atoms with van der Waals surface area (Å²) >= 11 is 0. The average molecular weight is 383 g/mol. The lowest BCUT2D eigenvalue weighted by atomic mass is 10.3. The molecule has 0 aliphatic heterocycles. The molecule has 0 unspecified atom stereocenters. The van der Waals surface area contributed by atoms with Crippen molar-refractivity contribution in [1.29, 1.82) is 0 Å². The molecule has 0 heterocycles. The largest absolute Gasteiger partial charge is 0.362 e. The highest BCUT2D eigenvalue weighted by atomic mass is 15.4. The Hall–Kier alpha value is -1.83. The Balaban J connectivity index is 4.85. The molecule has 0 aromatic heterocycles. The van der Waals surface area contributed by atoms with Gasteiger partial charge in [-0.05, 0) is 13.8 Å². The first-order valence-corrected chi connectivity index (χ1v) is 9.54. The van der Waals surface area contributed by atoms with Crippen LogP contribution in [0.15, 0.2) is 15.0 Å². The van der Waals surface area contributed by atoms with Crippen LogP contribution in [0.2, 0.25) is 0 Å². The van der Waals surface area contributed by atoms with E-state index in [1.807, 2.05) is 54.0 Å². The van der Waals surface area contributed by atoms with Gasteiger partial charge in [0.15, 0.2) is 5.96 Å². The molecule has 0 aromatic rings. The number of hydrogen-bond donors (Lipinski definition) is 0. The molecule has 0 amide bonds. The van der Waals surface area contributed by atoms with E-state index in [0.29, 0.717) is 0 Å². The SMILES string of the molecule is C/N=C(/N(C)C)N(C)CCN(CCN(C)/C(C)=N/C)CCN(C)/C(C)=N/C. The molecule has 0 saturated heterocycles. The highest BCUT2D eigenvalue weighted by molar-refractivity contribution is 5.80. The summed E-state index contributed by atoms with van der Waals surface area (Å²) in [6, 6.07) is 0. The zero-order valence-corrected chi connectivity index (χ0v) is 19.3. The number of guanidine groups is 1. The van der Waals surface area contributed by atoms with Crippen LogP contribution >= 0.6 is 0 Å². The molecule has 0 aliphatic rings. The van der Waals surface area contributed by atoms with Crippen LogP contribution in [0.1, 0.15) is 13.8 Å². The first-order chi connectivity index (χ1) is 12.7. The fraction of sp³-hybridized carbons (Fsp3) is 0.842. The van der Waals surface area contributed by atoms with Crippen LogP contribution in [0.3, 0.4) is 0 Å². The normalized spacial score (nSPS) is 13.2. The zero-order chi connectivity index (χ0) is 21.0. The van der Waals surface area contributed by atoms with Gasteiger partial charge in [-0.1, -0.05) is 0 Å². The molecular weight excluding hydrogens is 340 g/mol. The highest BCUT2D eigenvalue weighted by Crippen LogP contribution is 1.98. The third-order valence-corrected chi connectivity index (χ3v) is 4.95. The van der Waals surface area contributed by atoms with Crippen LogP contribution in [-0.4, -0.2) is 138 Å². The molecule has 0 radical (unpaired) electrons. The van der Waals surface area contributed by atoms with Crippen molar-refractivity contribution in [3.05, 3.63) is 0 Å². The van der Waals surface area contributed by atoms with E-state index in [1.165, 1.54) is 0 Å². The smallest absolute Gasteiger partial charge is 0.195 e. The summed E-state index contributed by atoms with van der Waals surface area (Å²) < 4.78 is 0. The maximum atomic E-state index is 4.38. The number of hydrogen-bond acceptors (Lipinski definition) is 4. The lowest BCUT2D eigenvalue weighted by Crippen LogP contribution is -2.45. The third kappa shape index (κ3) is 9.60. The summed E-state index contributed by atoms with van der Waals surface area (Å²) in [5.41, 5.74) is 0. The molecule has 0 spiro atoms. The first-order valence-electron chi connectivity index (χ1n) is 9.54. The Labute approximate surface area is 167 Å². The maximum Gasteiger partial charge on any atom is 0.195 e. The first kappa shape index (κ1) is 25.2. The van der Waals surface area contributed by atoms with E-state index >= 15 is 0 Å². The standard InChI is InChI=1S/C19H42N8/c1-17(20-3)24(8)11-14-27(15-12-25(9)18(2)21-4)16-13-26(10)19(22-5)23(6)7/h11-16H2,1-10H3/b20-17+,21-18+,22-19-.